The normalized spacial score (nSPS) is 19.2. The number of carbonyl (C=O) groups excluding carboxylic acids is 2. The van der Waals surface area contributed by atoms with Gasteiger partial charge in [-0.25, -0.2) is 4.79 Å². The van der Waals surface area contributed by atoms with Crippen molar-refractivity contribution in [3.05, 3.63) is 5.70 Å². The second-order valence-electron chi connectivity index (χ2n) is 2.34. The molecule has 0 saturated carbocycles. The van der Waals surface area contributed by atoms with E-state index >= 15 is 0 Å². The van der Waals surface area contributed by atoms with Gasteiger partial charge in [0.15, 0.2) is 0 Å². The molecule has 1 aliphatic heterocycles. The Hall–Kier alpha value is -1.08. The highest BCUT2D eigenvalue weighted by molar-refractivity contribution is 5.80. The first kappa shape index (κ1) is 7.03. The van der Waals surface area contributed by atoms with Crippen molar-refractivity contribution in [2.45, 2.75) is 25.7 Å². The molecule has 0 aliphatic carbocycles. The summed E-state index contributed by atoms with van der Waals surface area (Å²) in [4.78, 5) is 20.8. The molecule has 3 heteroatoms. The highest BCUT2D eigenvalue weighted by Crippen LogP contribution is 2.08. The predicted molar refractivity (Wildman–Crippen MR) is 35.8 cm³/mol. The summed E-state index contributed by atoms with van der Waals surface area (Å²) in [6.07, 6.45) is 2.97. The fourth-order valence-electron chi connectivity index (χ4n) is 0.957. The third kappa shape index (κ3) is 1.71. The molecule has 3 nitrogen and oxygen atoms in total. The summed E-state index contributed by atoms with van der Waals surface area (Å²) < 4.78 is 0. The zero-order valence-electron chi connectivity index (χ0n) is 5.64. The minimum Gasteiger partial charge on any atom is -0.320 e. The minimum atomic E-state index is -0.0594. The van der Waals surface area contributed by atoms with Crippen molar-refractivity contribution >= 4 is 11.8 Å². The maximum absolute atomic E-state index is 10.7. The molecule has 0 radical (unpaired) electrons. The summed E-state index contributed by atoms with van der Waals surface area (Å²) >= 11 is 0. The maximum Gasteiger partial charge on any atom is 0.224 e. The van der Waals surface area contributed by atoms with Crippen molar-refractivity contribution in [2.24, 2.45) is 0 Å². The molecule has 1 amide bonds. The fraction of sp³-hybridized carbons (Fsp3) is 0.571. The van der Waals surface area contributed by atoms with Crippen molar-refractivity contribution in [2.75, 3.05) is 0 Å². The van der Waals surface area contributed by atoms with Gasteiger partial charge in [-0.15, -0.1) is 0 Å². The number of rotatable bonds is 0. The molecule has 0 atom stereocenters. The molecule has 1 rings (SSSR count). The van der Waals surface area contributed by atoms with Gasteiger partial charge in [-0.1, -0.05) is 0 Å². The Balaban J connectivity index is 2.63. The Kier molecular flexibility index (Phi) is 2.24. The van der Waals surface area contributed by atoms with E-state index in [4.69, 9.17) is 0 Å². The highest BCUT2D eigenvalue weighted by atomic mass is 16.2. The predicted octanol–water partition coefficient (Wildman–Crippen LogP) is 0.392. The van der Waals surface area contributed by atoms with Crippen LogP contribution in [0.15, 0.2) is 5.70 Å². The molecule has 10 heavy (non-hydrogen) atoms. The summed E-state index contributed by atoms with van der Waals surface area (Å²) in [5.41, 5.74) is 0.405. The van der Waals surface area contributed by atoms with E-state index in [0.29, 0.717) is 18.5 Å². The van der Waals surface area contributed by atoms with Gasteiger partial charge in [-0.2, -0.15) is 0 Å². The summed E-state index contributed by atoms with van der Waals surface area (Å²) in [6, 6.07) is 0. The first-order chi connectivity index (χ1) is 4.83. The minimum absolute atomic E-state index is 0.0594. The molecule has 0 spiro atoms. The largest absolute Gasteiger partial charge is 0.320 e. The standard InChI is InChI=1S/C7H9NO2/c9-5-6-3-1-2-4-7(10)8-6/h1-4H2,(H,8,10). The van der Waals surface area contributed by atoms with Crippen molar-refractivity contribution in [1.29, 1.82) is 0 Å². The van der Waals surface area contributed by atoms with Crippen LogP contribution in [0, 0.1) is 0 Å². The molecule has 0 unspecified atom stereocenters. The van der Waals surface area contributed by atoms with E-state index in [1.807, 2.05) is 0 Å². The van der Waals surface area contributed by atoms with E-state index in [2.05, 4.69) is 5.32 Å². The van der Waals surface area contributed by atoms with Gasteiger partial charge in [0, 0.05) is 6.42 Å². The van der Waals surface area contributed by atoms with Gasteiger partial charge in [-0.05, 0) is 19.3 Å². The van der Waals surface area contributed by atoms with Gasteiger partial charge in [0.25, 0.3) is 0 Å². The van der Waals surface area contributed by atoms with Crippen molar-refractivity contribution in [3.8, 4) is 0 Å². The van der Waals surface area contributed by atoms with E-state index in [0.717, 1.165) is 12.8 Å². The molecule has 1 heterocycles. The molecule has 54 valence electrons. The molecule has 1 N–H and O–H groups in total. The quantitative estimate of drug-likeness (QED) is 0.493. The molecular weight excluding hydrogens is 130 g/mol. The van der Waals surface area contributed by atoms with E-state index < -0.39 is 0 Å². The maximum atomic E-state index is 10.7. The average Bonchev–Trinajstić information content (AvgIpc) is 2.13. The molecule has 0 aromatic rings. The summed E-state index contributed by atoms with van der Waals surface area (Å²) in [7, 11) is 0. The van der Waals surface area contributed by atoms with Crippen LogP contribution in [0.25, 0.3) is 0 Å². The van der Waals surface area contributed by atoms with Crippen molar-refractivity contribution in [1.82, 2.24) is 5.32 Å². The Morgan fingerprint density at radius 1 is 1.30 bits per heavy atom. The second kappa shape index (κ2) is 3.18. The Bertz CT molecular complexity index is 192. The van der Waals surface area contributed by atoms with E-state index in [1.54, 1.807) is 5.94 Å². The molecular formula is C7H9NO2. The van der Waals surface area contributed by atoms with Crippen molar-refractivity contribution in [3.63, 3.8) is 0 Å². The number of carbonyl (C=O) groups is 1. The van der Waals surface area contributed by atoms with Gasteiger partial charge in [0.2, 0.25) is 5.91 Å². The van der Waals surface area contributed by atoms with Crippen LogP contribution in [0.4, 0.5) is 0 Å². The Labute approximate surface area is 59.1 Å². The van der Waals surface area contributed by atoms with Crippen LogP contribution in [-0.4, -0.2) is 11.8 Å². The zero-order valence-corrected chi connectivity index (χ0v) is 5.64. The highest BCUT2D eigenvalue weighted by Gasteiger charge is 2.09. The second-order valence-corrected chi connectivity index (χ2v) is 2.34. The van der Waals surface area contributed by atoms with E-state index in [-0.39, 0.29) is 5.91 Å². The van der Waals surface area contributed by atoms with Gasteiger partial charge in [-0.3, -0.25) is 4.79 Å². The Morgan fingerprint density at radius 3 is 2.70 bits per heavy atom. The lowest BCUT2D eigenvalue weighted by Gasteiger charge is -1.96. The van der Waals surface area contributed by atoms with Crippen LogP contribution in [0.1, 0.15) is 25.7 Å². The first-order valence-corrected chi connectivity index (χ1v) is 3.37. The lowest BCUT2D eigenvalue weighted by molar-refractivity contribution is -0.120. The molecule has 0 aromatic heterocycles. The smallest absolute Gasteiger partial charge is 0.224 e. The van der Waals surface area contributed by atoms with Crippen LogP contribution < -0.4 is 5.32 Å². The summed E-state index contributed by atoms with van der Waals surface area (Å²) in [5, 5.41) is 2.48. The fourth-order valence-corrected chi connectivity index (χ4v) is 0.957. The molecule has 1 aliphatic rings. The number of hydrogen-bond donors (Lipinski definition) is 1. The van der Waals surface area contributed by atoms with Gasteiger partial charge in [0.1, 0.15) is 11.6 Å². The average molecular weight is 139 g/mol. The third-order valence-corrected chi connectivity index (χ3v) is 1.49. The van der Waals surface area contributed by atoms with Gasteiger partial charge in [0.05, 0.1) is 0 Å². The number of nitrogens with one attached hydrogen (secondary N) is 1. The molecule has 1 fully saturated rings. The van der Waals surface area contributed by atoms with Gasteiger partial charge >= 0.3 is 0 Å². The summed E-state index contributed by atoms with van der Waals surface area (Å²) in [5.74, 6) is 1.65. The third-order valence-electron chi connectivity index (χ3n) is 1.49. The lowest BCUT2D eigenvalue weighted by atomic mass is 10.2. The molecule has 1 saturated heterocycles. The SMILES string of the molecule is O=C=C1CCCCC(=O)N1. The van der Waals surface area contributed by atoms with Crippen LogP contribution in [0.2, 0.25) is 0 Å². The molecule has 0 bridgehead atoms. The molecule has 0 aromatic carbocycles. The lowest BCUT2D eigenvalue weighted by Crippen LogP contribution is -2.20. The van der Waals surface area contributed by atoms with E-state index in [9.17, 15) is 9.59 Å². The van der Waals surface area contributed by atoms with Crippen LogP contribution in [0.3, 0.4) is 0 Å². The number of allylic oxidation sites excluding steroid dienone is 1. The number of amides is 1. The zero-order chi connectivity index (χ0) is 7.40. The Morgan fingerprint density at radius 2 is 2.00 bits per heavy atom. The van der Waals surface area contributed by atoms with Gasteiger partial charge < -0.3 is 5.32 Å². The van der Waals surface area contributed by atoms with Crippen LogP contribution >= 0.6 is 0 Å². The van der Waals surface area contributed by atoms with Crippen LogP contribution in [-0.2, 0) is 9.59 Å². The topological polar surface area (TPSA) is 46.2 Å². The number of hydrogen-bond acceptors (Lipinski definition) is 2. The van der Waals surface area contributed by atoms with Crippen molar-refractivity contribution < 1.29 is 9.59 Å². The monoisotopic (exact) mass is 139 g/mol. The van der Waals surface area contributed by atoms with Crippen LogP contribution in [0.5, 0.6) is 0 Å². The van der Waals surface area contributed by atoms with E-state index in [1.165, 1.54) is 0 Å². The first-order valence-electron chi connectivity index (χ1n) is 3.37. The summed E-state index contributed by atoms with van der Waals surface area (Å²) in [6.45, 7) is 0.